The van der Waals surface area contributed by atoms with Crippen molar-refractivity contribution in [2.24, 2.45) is 5.73 Å². The molecule has 0 saturated carbocycles. The zero-order valence-corrected chi connectivity index (χ0v) is 12.3. The van der Waals surface area contributed by atoms with Crippen LogP contribution in [0, 0.1) is 5.82 Å². The van der Waals surface area contributed by atoms with E-state index in [1.54, 1.807) is 26.4 Å². The molecule has 0 amide bonds. The summed E-state index contributed by atoms with van der Waals surface area (Å²) in [6, 6.07) is 12.3. The molecule has 2 aromatic carbocycles. The maximum atomic E-state index is 13.0. The number of rotatable bonds is 6. The third kappa shape index (κ3) is 3.73. The van der Waals surface area contributed by atoms with Crippen LogP contribution in [0.15, 0.2) is 42.5 Å². The molecule has 0 spiro atoms. The normalized spacial score (nSPS) is 12.0. The predicted octanol–water partition coefficient (Wildman–Crippen LogP) is 3.13. The molecule has 0 bridgehead atoms. The molecule has 0 aromatic heterocycles. The Kier molecular flexibility index (Phi) is 5.17. The Morgan fingerprint density at radius 1 is 1.00 bits per heavy atom. The predicted molar refractivity (Wildman–Crippen MR) is 81.4 cm³/mol. The minimum absolute atomic E-state index is 0.148. The second-order valence-electron chi connectivity index (χ2n) is 4.88. The highest BCUT2D eigenvalue weighted by molar-refractivity contribution is 5.44. The molecule has 1 unspecified atom stereocenters. The van der Waals surface area contributed by atoms with Crippen molar-refractivity contribution < 1.29 is 13.9 Å². The fraction of sp³-hybridized carbons (Fsp3) is 0.294. The van der Waals surface area contributed by atoms with Gasteiger partial charge < -0.3 is 15.2 Å². The fourth-order valence-corrected chi connectivity index (χ4v) is 2.35. The molecule has 4 heteroatoms. The van der Waals surface area contributed by atoms with E-state index in [0.717, 1.165) is 17.5 Å². The molecule has 0 aliphatic heterocycles. The summed E-state index contributed by atoms with van der Waals surface area (Å²) in [7, 11) is 3.22. The Morgan fingerprint density at radius 2 is 1.67 bits per heavy atom. The molecular formula is C17H20FNO2. The molecule has 0 heterocycles. The van der Waals surface area contributed by atoms with Crippen molar-refractivity contribution in [2.75, 3.05) is 20.8 Å². The summed E-state index contributed by atoms with van der Waals surface area (Å²) in [5.41, 5.74) is 8.04. The van der Waals surface area contributed by atoms with Crippen LogP contribution in [0.5, 0.6) is 11.5 Å². The van der Waals surface area contributed by atoms with Crippen LogP contribution in [0.3, 0.4) is 0 Å². The third-order valence-electron chi connectivity index (χ3n) is 3.56. The minimum Gasteiger partial charge on any atom is -0.493 e. The monoisotopic (exact) mass is 289 g/mol. The molecule has 21 heavy (non-hydrogen) atoms. The van der Waals surface area contributed by atoms with Crippen LogP contribution in [0.4, 0.5) is 4.39 Å². The van der Waals surface area contributed by atoms with E-state index >= 15 is 0 Å². The van der Waals surface area contributed by atoms with Gasteiger partial charge >= 0.3 is 0 Å². The van der Waals surface area contributed by atoms with Gasteiger partial charge in [0.15, 0.2) is 11.5 Å². The molecule has 1 atom stereocenters. The first-order valence-corrected chi connectivity index (χ1v) is 6.84. The van der Waals surface area contributed by atoms with Gasteiger partial charge in [-0.25, -0.2) is 4.39 Å². The van der Waals surface area contributed by atoms with Gasteiger partial charge in [-0.1, -0.05) is 18.2 Å². The highest BCUT2D eigenvalue weighted by atomic mass is 19.1. The Balaban J connectivity index is 2.22. The first-order valence-electron chi connectivity index (χ1n) is 6.84. The van der Waals surface area contributed by atoms with E-state index in [9.17, 15) is 4.39 Å². The summed E-state index contributed by atoms with van der Waals surface area (Å²) in [5, 5.41) is 0. The van der Waals surface area contributed by atoms with Gasteiger partial charge in [-0.05, 0) is 48.4 Å². The van der Waals surface area contributed by atoms with Crippen LogP contribution in [-0.2, 0) is 6.42 Å². The Labute approximate surface area is 124 Å². The first-order chi connectivity index (χ1) is 10.2. The van der Waals surface area contributed by atoms with Crippen LogP contribution in [0.2, 0.25) is 0 Å². The number of hydrogen-bond donors (Lipinski definition) is 1. The summed E-state index contributed by atoms with van der Waals surface area (Å²) in [6.07, 6.45) is 0.756. The van der Waals surface area contributed by atoms with E-state index < -0.39 is 0 Å². The van der Waals surface area contributed by atoms with Crippen molar-refractivity contribution in [2.45, 2.75) is 12.3 Å². The van der Waals surface area contributed by atoms with Crippen LogP contribution in [0.1, 0.15) is 17.0 Å². The van der Waals surface area contributed by atoms with Crippen molar-refractivity contribution in [1.82, 2.24) is 0 Å². The van der Waals surface area contributed by atoms with Gasteiger partial charge in [-0.3, -0.25) is 0 Å². The zero-order valence-electron chi connectivity index (χ0n) is 12.3. The molecule has 2 rings (SSSR count). The quantitative estimate of drug-likeness (QED) is 0.888. The average Bonchev–Trinajstić information content (AvgIpc) is 2.53. The van der Waals surface area contributed by atoms with Gasteiger partial charge in [0.2, 0.25) is 0 Å². The van der Waals surface area contributed by atoms with Gasteiger partial charge in [0.05, 0.1) is 14.2 Å². The molecule has 0 aliphatic carbocycles. The summed E-state index contributed by atoms with van der Waals surface area (Å²) in [6.45, 7) is 0.507. The summed E-state index contributed by atoms with van der Waals surface area (Å²) in [5.74, 6) is 1.30. The molecule has 2 aromatic rings. The molecule has 0 radical (unpaired) electrons. The SMILES string of the molecule is COc1ccc(C(CN)Cc2ccc(F)cc2)cc1OC. The average molecular weight is 289 g/mol. The Bertz CT molecular complexity index is 584. The summed E-state index contributed by atoms with van der Waals surface area (Å²) >= 11 is 0. The Hall–Kier alpha value is -2.07. The Morgan fingerprint density at radius 3 is 2.24 bits per heavy atom. The topological polar surface area (TPSA) is 44.5 Å². The van der Waals surface area contributed by atoms with Crippen LogP contribution < -0.4 is 15.2 Å². The fourth-order valence-electron chi connectivity index (χ4n) is 2.35. The lowest BCUT2D eigenvalue weighted by Crippen LogP contribution is -2.15. The van der Waals surface area contributed by atoms with Crippen LogP contribution in [-0.4, -0.2) is 20.8 Å². The third-order valence-corrected chi connectivity index (χ3v) is 3.56. The van der Waals surface area contributed by atoms with E-state index in [0.29, 0.717) is 18.0 Å². The molecule has 0 fully saturated rings. The number of ether oxygens (including phenoxy) is 2. The van der Waals surface area contributed by atoms with Crippen molar-refractivity contribution in [3.05, 3.63) is 59.4 Å². The molecule has 3 nitrogen and oxygen atoms in total. The van der Waals surface area contributed by atoms with Gasteiger partial charge in [-0.2, -0.15) is 0 Å². The largest absolute Gasteiger partial charge is 0.493 e. The van der Waals surface area contributed by atoms with Crippen LogP contribution >= 0.6 is 0 Å². The number of hydrogen-bond acceptors (Lipinski definition) is 3. The number of halogens is 1. The number of benzene rings is 2. The second-order valence-corrected chi connectivity index (χ2v) is 4.88. The lowest BCUT2D eigenvalue weighted by atomic mass is 9.92. The van der Waals surface area contributed by atoms with Crippen molar-refractivity contribution in [3.8, 4) is 11.5 Å². The zero-order chi connectivity index (χ0) is 15.2. The smallest absolute Gasteiger partial charge is 0.160 e. The first kappa shape index (κ1) is 15.3. The lowest BCUT2D eigenvalue weighted by molar-refractivity contribution is 0.354. The maximum absolute atomic E-state index is 13.0. The van der Waals surface area contributed by atoms with E-state index in [2.05, 4.69) is 0 Å². The van der Waals surface area contributed by atoms with Gasteiger partial charge in [0.1, 0.15) is 5.82 Å². The lowest BCUT2D eigenvalue weighted by Gasteiger charge is -2.17. The van der Waals surface area contributed by atoms with Crippen molar-refractivity contribution in [3.63, 3.8) is 0 Å². The molecule has 0 saturated heterocycles. The van der Waals surface area contributed by atoms with Crippen LogP contribution in [0.25, 0.3) is 0 Å². The molecule has 0 aliphatic rings. The number of nitrogens with two attached hydrogens (primary N) is 1. The maximum Gasteiger partial charge on any atom is 0.160 e. The standard InChI is InChI=1S/C17H20FNO2/c1-20-16-8-5-13(10-17(16)21-2)14(11-19)9-12-3-6-15(18)7-4-12/h3-8,10,14H,9,11,19H2,1-2H3. The van der Waals surface area contributed by atoms with E-state index in [1.165, 1.54) is 12.1 Å². The molecule has 2 N–H and O–H groups in total. The highest BCUT2D eigenvalue weighted by Gasteiger charge is 2.14. The van der Waals surface area contributed by atoms with E-state index in [-0.39, 0.29) is 11.7 Å². The summed E-state index contributed by atoms with van der Waals surface area (Å²) in [4.78, 5) is 0. The summed E-state index contributed by atoms with van der Waals surface area (Å²) < 4.78 is 23.5. The van der Waals surface area contributed by atoms with Gasteiger partial charge in [-0.15, -0.1) is 0 Å². The highest BCUT2D eigenvalue weighted by Crippen LogP contribution is 2.31. The minimum atomic E-state index is -0.228. The molecular weight excluding hydrogens is 269 g/mol. The molecule has 112 valence electrons. The van der Waals surface area contributed by atoms with E-state index in [1.807, 2.05) is 18.2 Å². The van der Waals surface area contributed by atoms with E-state index in [4.69, 9.17) is 15.2 Å². The number of methoxy groups -OCH3 is 2. The van der Waals surface area contributed by atoms with Gasteiger partial charge in [0.25, 0.3) is 0 Å². The van der Waals surface area contributed by atoms with Crippen molar-refractivity contribution in [1.29, 1.82) is 0 Å². The van der Waals surface area contributed by atoms with Gasteiger partial charge in [0, 0.05) is 5.92 Å². The van der Waals surface area contributed by atoms with Crippen molar-refractivity contribution >= 4 is 0 Å². The second kappa shape index (κ2) is 7.09.